The number of aliphatic hydroxyl groups is 1. The molecule has 1 aliphatic rings. The van der Waals surface area contributed by atoms with Crippen molar-refractivity contribution < 1.29 is 18.3 Å². The summed E-state index contributed by atoms with van der Waals surface area (Å²) in [6.07, 6.45) is 2.16. The van der Waals surface area contributed by atoms with Gasteiger partial charge in [0.1, 0.15) is 11.5 Å². The number of alkyl halides is 3. The Balaban J connectivity index is 1.59. The van der Waals surface area contributed by atoms with E-state index in [-0.39, 0.29) is 18.1 Å². The summed E-state index contributed by atoms with van der Waals surface area (Å²) in [6, 6.07) is 10.2. The van der Waals surface area contributed by atoms with E-state index in [0.29, 0.717) is 11.5 Å². The van der Waals surface area contributed by atoms with Gasteiger partial charge < -0.3 is 15.7 Å². The molecule has 1 fully saturated rings. The van der Waals surface area contributed by atoms with Crippen molar-refractivity contribution in [1.82, 2.24) is 15.0 Å². The lowest BCUT2D eigenvalue weighted by Crippen LogP contribution is -2.39. The van der Waals surface area contributed by atoms with Gasteiger partial charge in [-0.2, -0.15) is 13.2 Å². The van der Waals surface area contributed by atoms with Gasteiger partial charge in [-0.25, -0.2) is 15.0 Å². The standard InChI is InChI=1S/C23H24F3N5O/c1-15-10-17(12-18(11-15)29-21-28-9-5-19(30-21)23(24,25)26)16-4-8-27-20(13-16)31-22(14-32)6-2-3-7-22/h4-5,8-13,32H,2-3,6-7,14H2,1H3,(H,27,31)(H,28,29,30). The van der Waals surface area contributed by atoms with Gasteiger partial charge in [0.2, 0.25) is 5.95 Å². The quantitative estimate of drug-likeness (QED) is 0.478. The average molecular weight is 443 g/mol. The highest BCUT2D eigenvalue weighted by Gasteiger charge is 2.34. The maximum atomic E-state index is 12.9. The zero-order chi connectivity index (χ0) is 22.8. The number of hydrogen-bond donors (Lipinski definition) is 3. The van der Waals surface area contributed by atoms with Crippen molar-refractivity contribution in [1.29, 1.82) is 0 Å². The molecule has 9 heteroatoms. The molecule has 0 spiro atoms. The first-order valence-electron chi connectivity index (χ1n) is 10.4. The van der Waals surface area contributed by atoms with E-state index in [1.165, 1.54) is 0 Å². The fourth-order valence-corrected chi connectivity index (χ4v) is 4.05. The van der Waals surface area contributed by atoms with Gasteiger partial charge in [-0.05, 0) is 66.8 Å². The topological polar surface area (TPSA) is 83.0 Å². The number of nitrogens with one attached hydrogen (secondary N) is 2. The van der Waals surface area contributed by atoms with Crippen molar-refractivity contribution in [3.05, 3.63) is 60.0 Å². The molecule has 1 aliphatic carbocycles. The number of hydrogen-bond acceptors (Lipinski definition) is 6. The van der Waals surface area contributed by atoms with Gasteiger partial charge in [-0.3, -0.25) is 0 Å². The number of aromatic nitrogens is 3. The van der Waals surface area contributed by atoms with E-state index in [9.17, 15) is 18.3 Å². The van der Waals surface area contributed by atoms with Crippen molar-refractivity contribution in [3.8, 4) is 11.1 Å². The van der Waals surface area contributed by atoms with E-state index < -0.39 is 11.9 Å². The van der Waals surface area contributed by atoms with Crippen LogP contribution >= 0.6 is 0 Å². The molecule has 3 aromatic rings. The van der Waals surface area contributed by atoms with E-state index in [1.807, 2.05) is 37.3 Å². The summed E-state index contributed by atoms with van der Waals surface area (Å²) in [5.41, 5.74) is 1.92. The molecule has 1 aromatic carbocycles. The molecule has 0 aliphatic heterocycles. The minimum Gasteiger partial charge on any atom is -0.394 e. The molecule has 0 saturated heterocycles. The molecule has 0 amide bonds. The number of anilines is 3. The predicted octanol–water partition coefficient (Wildman–Crippen LogP) is 5.33. The number of aliphatic hydroxyl groups excluding tert-OH is 1. The number of pyridine rings is 1. The highest BCUT2D eigenvalue weighted by Crippen LogP contribution is 2.34. The third-order valence-corrected chi connectivity index (χ3v) is 5.63. The number of aryl methyl sites for hydroxylation is 1. The van der Waals surface area contributed by atoms with Gasteiger partial charge in [0, 0.05) is 18.1 Å². The molecular weight excluding hydrogens is 419 g/mol. The third-order valence-electron chi connectivity index (χ3n) is 5.63. The lowest BCUT2D eigenvalue weighted by atomic mass is 9.98. The second-order valence-corrected chi connectivity index (χ2v) is 8.18. The predicted molar refractivity (Wildman–Crippen MR) is 117 cm³/mol. The third kappa shape index (κ3) is 4.99. The first-order chi connectivity index (χ1) is 15.3. The Morgan fingerprint density at radius 3 is 2.47 bits per heavy atom. The van der Waals surface area contributed by atoms with Gasteiger partial charge in [-0.15, -0.1) is 0 Å². The second-order valence-electron chi connectivity index (χ2n) is 8.18. The van der Waals surface area contributed by atoms with Gasteiger partial charge >= 0.3 is 6.18 Å². The highest BCUT2D eigenvalue weighted by atomic mass is 19.4. The Kier molecular flexibility index (Phi) is 6.01. The minimum absolute atomic E-state index is 0.0500. The van der Waals surface area contributed by atoms with Gasteiger partial charge in [0.15, 0.2) is 0 Å². The fourth-order valence-electron chi connectivity index (χ4n) is 4.05. The fraction of sp³-hybridized carbons (Fsp3) is 0.348. The molecule has 0 atom stereocenters. The second kappa shape index (κ2) is 8.74. The van der Waals surface area contributed by atoms with Gasteiger partial charge in [0.25, 0.3) is 0 Å². The molecule has 32 heavy (non-hydrogen) atoms. The van der Waals surface area contributed by atoms with Crippen molar-refractivity contribution >= 4 is 17.5 Å². The van der Waals surface area contributed by atoms with Crippen LogP contribution < -0.4 is 10.6 Å². The minimum atomic E-state index is -4.54. The van der Waals surface area contributed by atoms with Crippen LogP contribution in [0.2, 0.25) is 0 Å². The van der Waals surface area contributed by atoms with Crippen LogP contribution in [0.5, 0.6) is 0 Å². The van der Waals surface area contributed by atoms with E-state index in [1.54, 1.807) is 6.20 Å². The van der Waals surface area contributed by atoms with Crippen LogP contribution in [0, 0.1) is 6.92 Å². The molecule has 6 nitrogen and oxygen atoms in total. The average Bonchev–Trinajstić information content (AvgIpc) is 3.22. The van der Waals surface area contributed by atoms with Crippen LogP contribution in [0.1, 0.15) is 36.9 Å². The Hall–Kier alpha value is -3.20. The molecular formula is C23H24F3N5O. The summed E-state index contributed by atoms with van der Waals surface area (Å²) in [4.78, 5) is 11.9. The van der Waals surface area contributed by atoms with Crippen LogP contribution in [0.15, 0.2) is 48.8 Å². The summed E-state index contributed by atoms with van der Waals surface area (Å²) in [6.45, 7) is 1.95. The summed E-state index contributed by atoms with van der Waals surface area (Å²) in [7, 11) is 0. The van der Waals surface area contributed by atoms with Crippen LogP contribution in [-0.2, 0) is 6.18 Å². The molecule has 2 aromatic heterocycles. The molecule has 0 bridgehead atoms. The smallest absolute Gasteiger partial charge is 0.394 e. The van der Waals surface area contributed by atoms with Gasteiger partial charge in [0.05, 0.1) is 12.1 Å². The van der Waals surface area contributed by atoms with E-state index in [2.05, 4.69) is 25.6 Å². The first kappa shape index (κ1) is 22.0. The van der Waals surface area contributed by atoms with Gasteiger partial charge in [-0.1, -0.05) is 18.9 Å². The molecule has 3 N–H and O–H groups in total. The van der Waals surface area contributed by atoms with Crippen molar-refractivity contribution in [2.75, 3.05) is 17.2 Å². The normalized spacial score (nSPS) is 15.5. The summed E-state index contributed by atoms with van der Waals surface area (Å²) in [5.74, 6) is 0.551. The van der Waals surface area contributed by atoms with Crippen LogP contribution in [-0.4, -0.2) is 32.2 Å². The Labute approximate surface area is 184 Å². The highest BCUT2D eigenvalue weighted by molar-refractivity contribution is 5.72. The maximum Gasteiger partial charge on any atom is 0.433 e. The van der Waals surface area contributed by atoms with Crippen molar-refractivity contribution in [3.63, 3.8) is 0 Å². The van der Waals surface area contributed by atoms with Crippen molar-refractivity contribution in [2.45, 2.75) is 44.3 Å². The van der Waals surface area contributed by atoms with Crippen LogP contribution in [0.4, 0.5) is 30.6 Å². The molecule has 4 rings (SSSR count). The Morgan fingerprint density at radius 2 is 1.75 bits per heavy atom. The zero-order valence-electron chi connectivity index (χ0n) is 17.6. The molecule has 0 unspecified atom stereocenters. The number of halogens is 3. The SMILES string of the molecule is Cc1cc(Nc2nccc(C(F)(F)F)n2)cc(-c2ccnc(NC3(CO)CCCC3)c2)c1. The number of nitrogens with zero attached hydrogens (tertiary/aromatic N) is 3. The molecule has 1 saturated carbocycles. The van der Waals surface area contributed by atoms with Crippen LogP contribution in [0.25, 0.3) is 11.1 Å². The number of rotatable bonds is 6. The van der Waals surface area contributed by atoms with E-state index >= 15 is 0 Å². The maximum absolute atomic E-state index is 12.9. The van der Waals surface area contributed by atoms with Crippen molar-refractivity contribution in [2.24, 2.45) is 0 Å². The lowest BCUT2D eigenvalue weighted by Gasteiger charge is -2.28. The Bertz CT molecular complexity index is 1100. The largest absolute Gasteiger partial charge is 0.433 e. The van der Waals surface area contributed by atoms with E-state index in [0.717, 1.165) is 54.6 Å². The molecule has 0 radical (unpaired) electrons. The first-order valence-corrected chi connectivity index (χ1v) is 10.4. The summed E-state index contributed by atoms with van der Waals surface area (Å²) in [5, 5.41) is 16.1. The molecule has 168 valence electrons. The summed E-state index contributed by atoms with van der Waals surface area (Å²) < 4.78 is 38.8. The van der Waals surface area contributed by atoms with Crippen LogP contribution in [0.3, 0.4) is 0 Å². The zero-order valence-corrected chi connectivity index (χ0v) is 17.6. The Morgan fingerprint density at radius 1 is 1.00 bits per heavy atom. The summed E-state index contributed by atoms with van der Waals surface area (Å²) >= 11 is 0. The van der Waals surface area contributed by atoms with E-state index in [4.69, 9.17) is 0 Å². The monoisotopic (exact) mass is 443 g/mol. The lowest BCUT2D eigenvalue weighted by molar-refractivity contribution is -0.141. The number of benzene rings is 1. The molecule has 2 heterocycles.